The molecule has 0 aromatic heterocycles. The van der Waals surface area contributed by atoms with Crippen LogP contribution < -0.4 is 0 Å². The molecule has 1 N–H and O–H groups in total. The molecule has 0 aromatic rings. The smallest absolute Gasteiger partial charge is 0.0468 e. The summed E-state index contributed by atoms with van der Waals surface area (Å²) in [6.07, 6.45) is 3.42. The molecule has 0 saturated carbocycles. The van der Waals surface area contributed by atoms with Gasteiger partial charge >= 0.3 is 0 Å². The third-order valence-corrected chi connectivity index (χ3v) is 2.93. The summed E-state index contributed by atoms with van der Waals surface area (Å²) < 4.78 is 0. The molecule has 0 heterocycles. The molecule has 1 rings (SSSR count). The molecule has 0 aromatic carbocycles. The van der Waals surface area contributed by atoms with E-state index in [0.717, 1.165) is 12.3 Å². The van der Waals surface area contributed by atoms with Crippen molar-refractivity contribution in [3.05, 3.63) is 11.1 Å². The molecule has 70 valence electrons. The van der Waals surface area contributed by atoms with Gasteiger partial charge in [0.1, 0.15) is 0 Å². The maximum absolute atomic E-state index is 8.89. The van der Waals surface area contributed by atoms with Crippen LogP contribution in [0.3, 0.4) is 0 Å². The van der Waals surface area contributed by atoms with Crippen molar-refractivity contribution in [2.24, 2.45) is 11.8 Å². The Morgan fingerprint density at radius 2 is 2.08 bits per heavy atom. The third kappa shape index (κ3) is 2.10. The minimum absolute atomic E-state index is 0.311. The van der Waals surface area contributed by atoms with Crippen LogP contribution in [0.25, 0.3) is 0 Å². The van der Waals surface area contributed by atoms with Crippen LogP contribution in [0.2, 0.25) is 0 Å². The Kier molecular flexibility index (Phi) is 3.33. The molecular formula is C11H20O. The van der Waals surface area contributed by atoms with Crippen LogP contribution in [-0.2, 0) is 0 Å². The first kappa shape index (κ1) is 9.79. The van der Waals surface area contributed by atoms with Crippen molar-refractivity contribution in [1.82, 2.24) is 0 Å². The van der Waals surface area contributed by atoms with E-state index >= 15 is 0 Å². The van der Waals surface area contributed by atoms with Crippen LogP contribution in [-0.4, -0.2) is 11.7 Å². The lowest BCUT2D eigenvalue weighted by Crippen LogP contribution is -2.15. The van der Waals surface area contributed by atoms with Gasteiger partial charge in [0.15, 0.2) is 0 Å². The predicted molar refractivity (Wildman–Crippen MR) is 52.0 cm³/mol. The van der Waals surface area contributed by atoms with Gasteiger partial charge in [-0.25, -0.2) is 0 Å². The van der Waals surface area contributed by atoms with Gasteiger partial charge in [0.2, 0.25) is 0 Å². The second kappa shape index (κ2) is 4.08. The van der Waals surface area contributed by atoms with Crippen molar-refractivity contribution in [3.63, 3.8) is 0 Å². The van der Waals surface area contributed by atoms with E-state index in [2.05, 4.69) is 20.8 Å². The first-order chi connectivity index (χ1) is 5.65. The molecule has 0 spiro atoms. The van der Waals surface area contributed by atoms with Crippen LogP contribution in [0.5, 0.6) is 0 Å². The molecule has 12 heavy (non-hydrogen) atoms. The molecular weight excluding hydrogens is 148 g/mol. The van der Waals surface area contributed by atoms with Gasteiger partial charge in [-0.05, 0) is 38.0 Å². The van der Waals surface area contributed by atoms with Crippen molar-refractivity contribution in [2.45, 2.75) is 40.0 Å². The fraction of sp³-hybridized carbons (Fsp3) is 0.818. The Morgan fingerprint density at radius 3 is 2.58 bits per heavy atom. The quantitative estimate of drug-likeness (QED) is 0.629. The molecule has 0 saturated heterocycles. The van der Waals surface area contributed by atoms with Crippen LogP contribution in [0, 0.1) is 11.8 Å². The summed E-state index contributed by atoms with van der Waals surface area (Å²) in [7, 11) is 0. The summed E-state index contributed by atoms with van der Waals surface area (Å²) in [5.74, 6) is 1.53. The van der Waals surface area contributed by atoms with E-state index in [0.29, 0.717) is 12.5 Å². The van der Waals surface area contributed by atoms with Crippen molar-refractivity contribution in [2.75, 3.05) is 6.61 Å². The number of rotatable bonds is 2. The van der Waals surface area contributed by atoms with Crippen LogP contribution >= 0.6 is 0 Å². The van der Waals surface area contributed by atoms with Crippen molar-refractivity contribution in [1.29, 1.82) is 0 Å². The number of allylic oxidation sites excluding steroid dienone is 1. The second-order valence-corrected chi connectivity index (χ2v) is 4.23. The highest BCUT2D eigenvalue weighted by molar-refractivity contribution is 5.18. The first-order valence-electron chi connectivity index (χ1n) is 4.94. The molecule has 0 bridgehead atoms. The van der Waals surface area contributed by atoms with Crippen molar-refractivity contribution >= 4 is 0 Å². The van der Waals surface area contributed by atoms with Gasteiger partial charge in [0.05, 0.1) is 0 Å². The Labute approximate surface area is 75.5 Å². The first-order valence-corrected chi connectivity index (χ1v) is 4.94. The van der Waals surface area contributed by atoms with Gasteiger partial charge < -0.3 is 5.11 Å². The molecule has 0 fully saturated rings. The highest BCUT2D eigenvalue weighted by atomic mass is 16.2. The van der Waals surface area contributed by atoms with E-state index in [4.69, 9.17) is 5.11 Å². The molecule has 1 nitrogen and oxygen atoms in total. The Hall–Kier alpha value is -0.300. The topological polar surface area (TPSA) is 20.2 Å². The van der Waals surface area contributed by atoms with Gasteiger partial charge in [-0.1, -0.05) is 25.0 Å². The molecule has 0 amide bonds. The minimum Gasteiger partial charge on any atom is -0.396 e. The number of hydrogen-bond acceptors (Lipinski definition) is 1. The zero-order valence-electron chi connectivity index (χ0n) is 8.43. The molecule has 1 aliphatic rings. The average Bonchev–Trinajstić information content (AvgIpc) is 1.96. The zero-order chi connectivity index (χ0) is 9.14. The average molecular weight is 168 g/mol. The highest BCUT2D eigenvalue weighted by Gasteiger charge is 2.20. The summed E-state index contributed by atoms with van der Waals surface area (Å²) in [4.78, 5) is 0. The van der Waals surface area contributed by atoms with Crippen LogP contribution in [0.15, 0.2) is 11.1 Å². The van der Waals surface area contributed by atoms with Crippen molar-refractivity contribution < 1.29 is 5.11 Å². The lowest BCUT2D eigenvalue weighted by atomic mass is 9.78. The molecule has 0 radical (unpaired) electrons. The molecule has 1 heteroatoms. The summed E-state index contributed by atoms with van der Waals surface area (Å²) in [6, 6.07) is 0. The zero-order valence-corrected chi connectivity index (χ0v) is 8.43. The number of hydrogen-bond donors (Lipinski definition) is 1. The summed E-state index contributed by atoms with van der Waals surface area (Å²) in [5, 5.41) is 8.89. The lowest BCUT2D eigenvalue weighted by Gasteiger charge is -2.28. The monoisotopic (exact) mass is 168 g/mol. The van der Waals surface area contributed by atoms with Gasteiger partial charge in [-0.15, -0.1) is 0 Å². The van der Waals surface area contributed by atoms with E-state index in [1.54, 1.807) is 0 Å². The van der Waals surface area contributed by atoms with Crippen molar-refractivity contribution in [3.8, 4) is 0 Å². The third-order valence-electron chi connectivity index (χ3n) is 2.93. The van der Waals surface area contributed by atoms with Gasteiger partial charge in [-0.2, -0.15) is 0 Å². The maximum atomic E-state index is 8.89. The standard InChI is InChI=1S/C11H20O/c1-8-6-9(2)11(4-5-12)10(3)7-8/h8-9,12H,4-7H2,1-3H3. The maximum Gasteiger partial charge on any atom is 0.0468 e. The Morgan fingerprint density at radius 1 is 1.42 bits per heavy atom. The highest BCUT2D eigenvalue weighted by Crippen LogP contribution is 2.34. The Bertz CT molecular complexity index is 181. The predicted octanol–water partition coefficient (Wildman–Crippen LogP) is 2.75. The van der Waals surface area contributed by atoms with Crippen LogP contribution in [0.4, 0.5) is 0 Å². The van der Waals surface area contributed by atoms with E-state index in [1.807, 2.05) is 0 Å². The molecule has 1 aliphatic carbocycles. The normalized spacial score (nSPS) is 31.0. The second-order valence-electron chi connectivity index (χ2n) is 4.23. The molecule has 2 unspecified atom stereocenters. The summed E-state index contributed by atoms with van der Waals surface area (Å²) >= 11 is 0. The summed E-state index contributed by atoms with van der Waals surface area (Å²) in [5.41, 5.74) is 3.03. The van der Waals surface area contributed by atoms with E-state index in [1.165, 1.54) is 24.0 Å². The van der Waals surface area contributed by atoms with E-state index in [9.17, 15) is 0 Å². The fourth-order valence-corrected chi connectivity index (χ4v) is 2.48. The largest absolute Gasteiger partial charge is 0.396 e. The number of aliphatic hydroxyl groups excluding tert-OH is 1. The lowest BCUT2D eigenvalue weighted by molar-refractivity contribution is 0.286. The summed E-state index contributed by atoms with van der Waals surface area (Å²) in [6.45, 7) is 7.13. The Balaban J connectivity index is 2.71. The number of aliphatic hydroxyl groups is 1. The van der Waals surface area contributed by atoms with E-state index in [-0.39, 0.29) is 0 Å². The molecule has 0 aliphatic heterocycles. The van der Waals surface area contributed by atoms with Gasteiger partial charge in [-0.3, -0.25) is 0 Å². The van der Waals surface area contributed by atoms with E-state index < -0.39 is 0 Å². The minimum atomic E-state index is 0.311. The SMILES string of the molecule is CC1=C(CCO)C(C)CC(C)C1. The molecule has 2 atom stereocenters. The van der Waals surface area contributed by atoms with Gasteiger partial charge in [0.25, 0.3) is 0 Å². The van der Waals surface area contributed by atoms with Gasteiger partial charge in [0, 0.05) is 6.61 Å². The van der Waals surface area contributed by atoms with Crippen LogP contribution in [0.1, 0.15) is 40.0 Å². The fourth-order valence-electron chi connectivity index (χ4n) is 2.48.